The maximum atomic E-state index is 3.46. The van der Waals surface area contributed by atoms with Crippen LogP contribution in [0.25, 0.3) is 0 Å². The highest BCUT2D eigenvalue weighted by Gasteiger charge is 1.90. The second-order valence-electron chi connectivity index (χ2n) is 3.67. The molecule has 0 aromatic heterocycles. The molecule has 0 bridgehead atoms. The Balaban J connectivity index is 2.85. The molecule has 84 valence electrons. The predicted octanol–water partition coefficient (Wildman–Crippen LogP) is 5.80. The van der Waals surface area contributed by atoms with E-state index in [1.807, 2.05) is 4.99 Å². The van der Waals surface area contributed by atoms with E-state index in [4.69, 9.17) is 0 Å². The Labute approximate surface area is 106 Å². The minimum Gasteiger partial charge on any atom is -0.0928 e. The van der Waals surface area contributed by atoms with Gasteiger partial charge in [0.15, 0.2) is 0 Å². The first-order chi connectivity index (χ1) is 6.91. The van der Waals surface area contributed by atoms with E-state index in [9.17, 15) is 0 Å². The van der Waals surface area contributed by atoms with Crippen molar-refractivity contribution in [3.05, 3.63) is 11.1 Å². The van der Waals surface area contributed by atoms with Crippen LogP contribution in [0.3, 0.4) is 0 Å². The van der Waals surface area contributed by atoms with Crippen LogP contribution in [0.5, 0.6) is 0 Å². The Morgan fingerprint density at radius 1 is 0.714 bits per heavy atom. The summed E-state index contributed by atoms with van der Waals surface area (Å²) in [4.78, 5) is 1.97. The number of unbranched alkanes of at least 4 members (excludes halogenated alkanes) is 8. The number of halogens is 2. The van der Waals surface area contributed by atoms with E-state index >= 15 is 0 Å². The number of allylic oxidation sites excluding steroid dienone is 1. The molecule has 0 saturated carbocycles. The van der Waals surface area contributed by atoms with Gasteiger partial charge in [0.2, 0.25) is 0 Å². The zero-order valence-electron chi connectivity index (χ0n) is 8.98. The zero-order chi connectivity index (χ0) is 10.5. The third-order valence-corrected chi connectivity index (χ3v) is 3.28. The lowest BCUT2D eigenvalue weighted by atomic mass is 10.1. The number of hydrogen-bond acceptors (Lipinski definition) is 0. The van der Waals surface area contributed by atoms with E-state index in [0.717, 1.165) is 0 Å². The van der Waals surface area contributed by atoms with E-state index in [1.165, 1.54) is 63.1 Å². The van der Waals surface area contributed by atoms with Crippen molar-refractivity contribution in [3.63, 3.8) is 0 Å². The Kier molecular flexibility index (Phi) is 14.4. The predicted molar refractivity (Wildman–Crippen MR) is 73.4 cm³/mol. The summed E-state index contributed by atoms with van der Waals surface area (Å²) in [6.07, 6.45) is 14.6. The van der Waals surface area contributed by atoms with Crippen molar-refractivity contribution in [1.29, 1.82) is 0 Å². The lowest BCUT2D eigenvalue weighted by molar-refractivity contribution is 0.579. The molecule has 0 aliphatic carbocycles. The van der Waals surface area contributed by atoms with Gasteiger partial charge >= 0.3 is 0 Å². The molecule has 0 amide bonds. The van der Waals surface area contributed by atoms with Crippen LogP contribution in [0, 0.1) is 0 Å². The average Bonchev–Trinajstić information content (AvgIpc) is 2.21. The van der Waals surface area contributed by atoms with Gasteiger partial charge in [-0.05, 0) is 24.2 Å². The van der Waals surface area contributed by atoms with Crippen LogP contribution in [0.2, 0.25) is 0 Å². The van der Waals surface area contributed by atoms with Gasteiger partial charge in [-0.25, -0.2) is 0 Å². The molecule has 0 unspecified atom stereocenters. The largest absolute Gasteiger partial charge is 0.0928 e. The SMILES string of the molecule is BrC=CCCCCCCCCCCBr. The van der Waals surface area contributed by atoms with Crippen molar-refractivity contribution < 1.29 is 0 Å². The Hall–Kier alpha value is 0.700. The van der Waals surface area contributed by atoms with Gasteiger partial charge in [-0.1, -0.05) is 76.5 Å². The Morgan fingerprint density at radius 3 is 1.71 bits per heavy atom. The Morgan fingerprint density at radius 2 is 1.21 bits per heavy atom. The van der Waals surface area contributed by atoms with E-state index in [1.54, 1.807) is 0 Å². The molecular weight excluding hydrogens is 304 g/mol. The van der Waals surface area contributed by atoms with Crippen LogP contribution in [0.15, 0.2) is 11.1 Å². The molecule has 0 aromatic carbocycles. The first-order valence-electron chi connectivity index (χ1n) is 5.73. The number of alkyl halides is 1. The molecule has 0 atom stereocenters. The van der Waals surface area contributed by atoms with E-state index in [2.05, 4.69) is 37.9 Å². The summed E-state index contributed by atoms with van der Waals surface area (Å²) in [6, 6.07) is 0. The molecule has 0 aliphatic heterocycles. The van der Waals surface area contributed by atoms with Crippen molar-refractivity contribution in [2.75, 3.05) is 5.33 Å². The highest BCUT2D eigenvalue weighted by Crippen LogP contribution is 2.10. The first kappa shape index (κ1) is 14.7. The van der Waals surface area contributed by atoms with Gasteiger partial charge in [0.1, 0.15) is 0 Å². The lowest BCUT2D eigenvalue weighted by Gasteiger charge is -2.00. The van der Waals surface area contributed by atoms with Gasteiger partial charge in [0.05, 0.1) is 0 Å². The molecular formula is C12H22Br2. The minimum atomic E-state index is 1.17. The maximum Gasteiger partial charge on any atom is 0.00313 e. The zero-order valence-corrected chi connectivity index (χ0v) is 12.2. The van der Waals surface area contributed by atoms with E-state index in [0.29, 0.717) is 0 Å². The fourth-order valence-corrected chi connectivity index (χ4v) is 2.14. The summed E-state index contributed by atoms with van der Waals surface area (Å²) < 4.78 is 0. The fourth-order valence-electron chi connectivity index (χ4n) is 1.48. The summed E-state index contributed by atoms with van der Waals surface area (Å²) in [6.45, 7) is 0. The van der Waals surface area contributed by atoms with E-state index in [-0.39, 0.29) is 0 Å². The number of rotatable bonds is 10. The van der Waals surface area contributed by atoms with Crippen LogP contribution >= 0.6 is 31.9 Å². The average molecular weight is 326 g/mol. The smallest absolute Gasteiger partial charge is 0.00313 e. The fraction of sp³-hybridized carbons (Fsp3) is 0.833. The second-order valence-corrected chi connectivity index (χ2v) is 4.99. The van der Waals surface area contributed by atoms with E-state index < -0.39 is 0 Å². The summed E-state index contributed by atoms with van der Waals surface area (Å²) in [5, 5.41) is 1.17. The van der Waals surface area contributed by atoms with Crippen molar-refractivity contribution >= 4 is 31.9 Å². The third-order valence-electron chi connectivity index (χ3n) is 2.34. The third kappa shape index (κ3) is 12.7. The highest BCUT2D eigenvalue weighted by atomic mass is 79.9. The van der Waals surface area contributed by atoms with Gasteiger partial charge in [0, 0.05) is 5.33 Å². The van der Waals surface area contributed by atoms with Crippen molar-refractivity contribution in [3.8, 4) is 0 Å². The molecule has 0 rings (SSSR count). The molecule has 0 aliphatic rings. The van der Waals surface area contributed by atoms with Crippen molar-refractivity contribution in [2.24, 2.45) is 0 Å². The minimum absolute atomic E-state index is 1.17. The molecule has 0 nitrogen and oxygen atoms in total. The molecule has 0 spiro atoms. The van der Waals surface area contributed by atoms with Crippen LogP contribution in [0.1, 0.15) is 57.8 Å². The Bertz CT molecular complexity index is 121. The summed E-state index contributed by atoms with van der Waals surface area (Å²) in [5.74, 6) is 0. The first-order valence-corrected chi connectivity index (χ1v) is 7.76. The quantitative estimate of drug-likeness (QED) is 0.351. The normalized spacial score (nSPS) is 11.3. The molecule has 0 N–H and O–H groups in total. The molecule has 14 heavy (non-hydrogen) atoms. The van der Waals surface area contributed by atoms with Gasteiger partial charge in [-0.2, -0.15) is 0 Å². The topological polar surface area (TPSA) is 0 Å². The summed E-state index contributed by atoms with van der Waals surface area (Å²) in [7, 11) is 0. The van der Waals surface area contributed by atoms with Crippen LogP contribution in [-0.2, 0) is 0 Å². The van der Waals surface area contributed by atoms with Gasteiger partial charge in [0.25, 0.3) is 0 Å². The van der Waals surface area contributed by atoms with Crippen molar-refractivity contribution in [2.45, 2.75) is 57.8 Å². The van der Waals surface area contributed by atoms with Crippen molar-refractivity contribution in [1.82, 2.24) is 0 Å². The van der Waals surface area contributed by atoms with Crippen LogP contribution in [-0.4, -0.2) is 5.33 Å². The molecule has 0 saturated heterocycles. The molecule has 0 fully saturated rings. The highest BCUT2D eigenvalue weighted by molar-refractivity contribution is 9.11. The van der Waals surface area contributed by atoms with Gasteiger partial charge in [-0.15, -0.1) is 0 Å². The van der Waals surface area contributed by atoms with Crippen LogP contribution in [0.4, 0.5) is 0 Å². The molecule has 0 aromatic rings. The maximum absolute atomic E-state index is 3.46. The van der Waals surface area contributed by atoms with Gasteiger partial charge in [-0.3, -0.25) is 0 Å². The molecule has 0 radical (unpaired) electrons. The van der Waals surface area contributed by atoms with Gasteiger partial charge < -0.3 is 0 Å². The number of hydrogen-bond donors (Lipinski definition) is 0. The van der Waals surface area contributed by atoms with Crippen LogP contribution < -0.4 is 0 Å². The second kappa shape index (κ2) is 13.7. The molecule has 0 heterocycles. The summed E-state index contributed by atoms with van der Waals surface area (Å²) in [5.41, 5.74) is 0. The molecule has 2 heteroatoms. The summed E-state index contributed by atoms with van der Waals surface area (Å²) >= 11 is 6.74. The monoisotopic (exact) mass is 324 g/mol. The standard InChI is InChI=1S/C12H22Br2/c13-11-9-7-5-3-1-2-4-6-8-10-12-14/h9,11H,1-8,10,12H2. The lowest BCUT2D eigenvalue weighted by Crippen LogP contribution is -1.81.